The maximum atomic E-state index is 12.8. The zero-order chi connectivity index (χ0) is 22.7. The summed E-state index contributed by atoms with van der Waals surface area (Å²) >= 11 is 0. The van der Waals surface area contributed by atoms with Crippen LogP contribution in [0.15, 0.2) is 42.5 Å². The molecule has 1 N–H and O–H groups in total. The number of carbonyl (C=O) groups excluding carboxylic acids is 2. The fourth-order valence-corrected chi connectivity index (χ4v) is 3.76. The van der Waals surface area contributed by atoms with Crippen molar-refractivity contribution in [1.29, 1.82) is 0 Å². The lowest BCUT2D eigenvalue weighted by Crippen LogP contribution is -2.54. The van der Waals surface area contributed by atoms with Crippen LogP contribution in [0.3, 0.4) is 0 Å². The smallest absolute Gasteiger partial charge is 0.293 e. The fourth-order valence-electron chi connectivity index (χ4n) is 3.76. The topological polar surface area (TPSA) is 114 Å². The van der Waals surface area contributed by atoms with Crippen molar-refractivity contribution < 1.29 is 24.0 Å². The van der Waals surface area contributed by atoms with E-state index in [-0.39, 0.29) is 36.3 Å². The van der Waals surface area contributed by atoms with Gasteiger partial charge in [0.1, 0.15) is 12.3 Å². The van der Waals surface area contributed by atoms with Crippen molar-refractivity contribution in [3.8, 4) is 11.5 Å². The number of aryl methyl sites for hydroxylation is 1. The first-order valence-corrected chi connectivity index (χ1v) is 10.4. The number of amides is 2. The first kappa shape index (κ1) is 21.6. The Hall–Kier alpha value is -3.66. The van der Waals surface area contributed by atoms with Crippen LogP contribution in [0, 0.1) is 17.0 Å². The Morgan fingerprint density at radius 1 is 1.12 bits per heavy atom. The SMILES string of the molecule is Cc1ccc(NC(=O)CN2CCN(C(=O)[C@H]3COc4ccccc4O3)CC2)c([N+](=O)[O-])c1. The van der Waals surface area contributed by atoms with E-state index in [1.54, 1.807) is 30.0 Å². The molecule has 168 valence electrons. The van der Waals surface area contributed by atoms with E-state index in [2.05, 4.69) is 5.32 Å². The van der Waals surface area contributed by atoms with E-state index in [1.165, 1.54) is 12.1 Å². The Morgan fingerprint density at radius 3 is 2.56 bits per heavy atom. The molecule has 2 aliphatic rings. The summed E-state index contributed by atoms with van der Waals surface area (Å²) in [5, 5.41) is 13.9. The molecule has 2 heterocycles. The number of para-hydroxylation sites is 2. The Labute approximate surface area is 184 Å². The number of rotatable bonds is 5. The Bertz CT molecular complexity index is 1030. The van der Waals surface area contributed by atoms with Crippen molar-refractivity contribution in [3.05, 3.63) is 58.1 Å². The van der Waals surface area contributed by atoms with Gasteiger partial charge in [-0.1, -0.05) is 18.2 Å². The highest BCUT2D eigenvalue weighted by atomic mass is 16.6. The summed E-state index contributed by atoms with van der Waals surface area (Å²) < 4.78 is 11.4. The number of anilines is 1. The van der Waals surface area contributed by atoms with E-state index in [0.29, 0.717) is 37.7 Å². The summed E-state index contributed by atoms with van der Waals surface area (Å²) in [6.45, 7) is 3.94. The molecule has 0 unspecified atom stereocenters. The molecular formula is C22H24N4O6. The lowest BCUT2D eigenvalue weighted by molar-refractivity contribution is -0.384. The average Bonchev–Trinajstić information content (AvgIpc) is 2.79. The van der Waals surface area contributed by atoms with Gasteiger partial charge in [-0.15, -0.1) is 0 Å². The molecule has 0 bridgehead atoms. The van der Waals surface area contributed by atoms with E-state index >= 15 is 0 Å². The molecule has 32 heavy (non-hydrogen) atoms. The summed E-state index contributed by atoms with van der Waals surface area (Å²) in [7, 11) is 0. The second-order valence-corrected chi connectivity index (χ2v) is 7.79. The fraction of sp³-hybridized carbons (Fsp3) is 0.364. The van der Waals surface area contributed by atoms with Gasteiger partial charge in [0, 0.05) is 32.2 Å². The molecule has 0 aliphatic carbocycles. The number of nitrogens with one attached hydrogen (secondary N) is 1. The van der Waals surface area contributed by atoms with Crippen molar-refractivity contribution in [2.75, 3.05) is 44.6 Å². The van der Waals surface area contributed by atoms with E-state index in [4.69, 9.17) is 9.47 Å². The first-order valence-electron chi connectivity index (χ1n) is 10.4. The van der Waals surface area contributed by atoms with Gasteiger partial charge in [-0.25, -0.2) is 0 Å². The van der Waals surface area contributed by atoms with E-state index < -0.39 is 11.0 Å². The molecular weight excluding hydrogens is 416 g/mol. The zero-order valence-corrected chi connectivity index (χ0v) is 17.7. The molecule has 1 atom stereocenters. The van der Waals surface area contributed by atoms with Crippen LogP contribution in [0.4, 0.5) is 11.4 Å². The van der Waals surface area contributed by atoms with Gasteiger partial charge in [-0.2, -0.15) is 0 Å². The first-order chi connectivity index (χ1) is 15.4. The number of hydrogen-bond acceptors (Lipinski definition) is 7. The highest BCUT2D eigenvalue weighted by Gasteiger charge is 2.33. The minimum absolute atomic E-state index is 0.0868. The summed E-state index contributed by atoms with van der Waals surface area (Å²) in [6.07, 6.45) is -0.693. The number of piperazine rings is 1. The molecule has 0 radical (unpaired) electrons. The molecule has 4 rings (SSSR count). The Kier molecular flexibility index (Phi) is 6.22. The molecule has 2 aromatic carbocycles. The number of nitro groups is 1. The van der Waals surface area contributed by atoms with E-state index in [9.17, 15) is 19.7 Å². The Balaban J connectivity index is 1.28. The van der Waals surface area contributed by atoms with E-state index in [0.717, 1.165) is 5.56 Å². The van der Waals surface area contributed by atoms with Gasteiger partial charge in [-0.05, 0) is 30.7 Å². The summed E-state index contributed by atoms with van der Waals surface area (Å²) in [6, 6.07) is 11.9. The molecule has 0 aromatic heterocycles. The third kappa shape index (κ3) is 4.80. The lowest BCUT2D eigenvalue weighted by Gasteiger charge is -2.36. The summed E-state index contributed by atoms with van der Waals surface area (Å²) in [5.74, 6) is 0.704. The minimum atomic E-state index is -0.693. The number of benzene rings is 2. The number of ether oxygens (including phenoxy) is 2. The van der Waals surface area contributed by atoms with Crippen LogP contribution in [0.25, 0.3) is 0 Å². The zero-order valence-electron chi connectivity index (χ0n) is 17.7. The highest BCUT2D eigenvalue weighted by molar-refractivity contribution is 5.94. The van der Waals surface area contributed by atoms with Gasteiger partial charge < -0.3 is 19.7 Å². The molecule has 2 aromatic rings. The standard InChI is InChI=1S/C22H24N4O6/c1-15-6-7-16(17(12-15)26(29)30)23-21(27)13-24-8-10-25(11-9-24)22(28)20-14-31-18-4-2-3-5-19(18)32-20/h2-7,12,20H,8-11,13-14H2,1H3,(H,23,27)/t20-/m1/s1. The van der Waals surface area contributed by atoms with Crippen LogP contribution in [0.5, 0.6) is 11.5 Å². The predicted octanol–water partition coefficient (Wildman–Crippen LogP) is 1.83. The molecule has 1 fully saturated rings. The number of nitrogens with zero attached hydrogens (tertiary/aromatic N) is 3. The van der Waals surface area contributed by atoms with Crippen LogP contribution in [-0.4, -0.2) is 72.0 Å². The minimum Gasteiger partial charge on any atom is -0.485 e. The van der Waals surface area contributed by atoms with Gasteiger partial charge in [0.2, 0.25) is 12.0 Å². The number of fused-ring (bicyclic) bond motifs is 1. The normalized spacial score (nSPS) is 18.2. The van der Waals surface area contributed by atoms with Gasteiger partial charge in [0.05, 0.1) is 11.5 Å². The second-order valence-electron chi connectivity index (χ2n) is 7.79. The Morgan fingerprint density at radius 2 is 1.84 bits per heavy atom. The van der Waals surface area contributed by atoms with Gasteiger partial charge >= 0.3 is 0 Å². The molecule has 0 spiro atoms. The van der Waals surface area contributed by atoms with Crippen molar-refractivity contribution in [3.63, 3.8) is 0 Å². The lowest BCUT2D eigenvalue weighted by atomic mass is 10.2. The number of carbonyl (C=O) groups is 2. The van der Waals surface area contributed by atoms with Crippen LogP contribution in [-0.2, 0) is 9.59 Å². The molecule has 2 aliphatic heterocycles. The second kappa shape index (κ2) is 9.23. The monoisotopic (exact) mass is 440 g/mol. The largest absolute Gasteiger partial charge is 0.485 e. The number of hydrogen-bond donors (Lipinski definition) is 1. The quantitative estimate of drug-likeness (QED) is 0.557. The summed E-state index contributed by atoms with van der Waals surface area (Å²) in [5.41, 5.74) is 0.783. The maximum absolute atomic E-state index is 12.8. The maximum Gasteiger partial charge on any atom is 0.293 e. The molecule has 10 heteroatoms. The van der Waals surface area contributed by atoms with Crippen LogP contribution in [0.1, 0.15) is 5.56 Å². The molecule has 1 saturated heterocycles. The molecule has 0 saturated carbocycles. The molecule has 10 nitrogen and oxygen atoms in total. The third-order valence-electron chi connectivity index (χ3n) is 5.46. The van der Waals surface area contributed by atoms with Gasteiger partial charge in [-0.3, -0.25) is 24.6 Å². The van der Waals surface area contributed by atoms with Crippen LogP contribution in [0.2, 0.25) is 0 Å². The average molecular weight is 440 g/mol. The van der Waals surface area contributed by atoms with Crippen molar-refractivity contribution >= 4 is 23.2 Å². The van der Waals surface area contributed by atoms with Crippen LogP contribution < -0.4 is 14.8 Å². The van der Waals surface area contributed by atoms with E-state index in [1.807, 2.05) is 17.0 Å². The van der Waals surface area contributed by atoms with Crippen molar-refractivity contribution in [1.82, 2.24) is 9.80 Å². The number of nitro benzene ring substituents is 1. The van der Waals surface area contributed by atoms with Crippen molar-refractivity contribution in [2.24, 2.45) is 0 Å². The highest BCUT2D eigenvalue weighted by Crippen LogP contribution is 2.31. The molecule has 2 amide bonds. The summed E-state index contributed by atoms with van der Waals surface area (Å²) in [4.78, 5) is 39.6. The third-order valence-corrected chi connectivity index (χ3v) is 5.46. The van der Waals surface area contributed by atoms with Crippen molar-refractivity contribution in [2.45, 2.75) is 13.0 Å². The van der Waals surface area contributed by atoms with Crippen LogP contribution >= 0.6 is 0 Å². The van der Waals surface area contributed by atoms with Gasteiger partial charge in [0.15, 0.2) is 11.5 Å². The predicted molar refractivity (Wildman–Crippen MR) is 116 cm³/mol. The van der Waals surface area contributed by atoms with Gasteiger partial charge in [0.25, 0.3) is 11.6 Å².